The van der Waals surface area contributed by atoms with Gasteiger partial charge in [0.25, 0.3) is 0 Å². The van der Waals surface area contributed by atoms with Crippen molar-refractivity contribution in [2.75, 3.05) is 0 Å². The Balaban J connectivity index is 4.06. The normalized spacial score (nSPS) is 10.4. The molecule has 0 aliphatic heterocycles. The molecule has 1 aromatic carbocycles. The van der Waals surface area contributed by atoms with Crippen molar-refractivity contribution in [3.63, 3.8) is 0 Å². The van der Waals surface area contributed by atoms with Gasteiger partial charge in [-0.15, -0.1) is 0 Å². The van der Waals surface area contributed by atoms with Crippen LogP contribution in [-0.4, -0.2) is 44.3 Å². The fraction of sp³-hybridized carbons (Fsp3) is 0.375. The Kier molecular flexibility index (Phi) is 6.05. The summed E-state index contributed by atoms with van der Waals surface area (Å²) in [5.41, 5.74) is -0.677. The van der Waals surface area contributed by atoms with Crippen LogP contribution in [0.2, 0.25) is 0 Å². The number of hydrogen-bond acceptors (Lipinski definition) is 4. The molecule has 4 N–H and O–H groups in total. The van der Waals surface area contributed by atoms with Crippen LogP contribution in [0.1, 0.15) is 56.8 Å². The molecule has 0 unspecified atom stereocenters. The van der Waals surface area contributed by atoms with Crippen molar-refractivity contribution in [3.8, 4) is 0 Å². The smallest absolute Gasteiger partial charge is 0.336 e. The number of carbonyl (C=O) groups is 4. The molecule has 8 heteroatoms. The molecule has 8 nitrogen and oxygen atoms in total. The Morgan fingerprint density at radius 2 is 0.917 bits per heavy atom. The Morgan fingerprint density at radius 1 is 0.625 bits per heavy atom. The van der Waals surface area contributed by atoms with Crippen molar-refractivity contribution in [1.29, 1.82) is 0 Å². The molecule has 0 bridgehead atoms. The zero-order chi connectivity index (χ0) is 18.6. The van der Waals surface area contributed by atoms with Gasteiger partial charge < -0.3 is 20.4 Å². The van der Waals surface area contributed by atoms with Gasteiger partial charge in [-0.1, -0.05) is 13.8 Å². The SMILES string of the molecule is CCc1c(CC(=O)O)c(C(=O)O)c(CC)c(CC(=O)O)c1C(=O)O. The van der Waals surface area contributed by atoms with Gasteiger partial charge in [0.15, 0.2) is 0 Å². The maximum atomic E-state index is 11.7. The lowest BCUT2D eigenvalue weighted by molar-refractivity contribution is -0.137. The molecule has 0 heterocycles. The van der Waals surface area contributed by atoms with E-state index in [1.54, 1.807) is 13.8 Å². The van der Waals surface area contributed by atoms with Gasteiger partial charge in [0.1, 0.15) is 0 Å². The highest BCUT2D eigenvalue weighted by molar-refractivity contribution is 6.00. The summed E-state index contributed by atoms with van der Waals surface area (Å²) in [5.74, 6) is -5.39. The molecule has 0 fully saturated rings. The average Bonchev–Trinajstić information content (AvgIpc) is 2.45. The second-order valence-corrected chi connectivity index (χ2v) is 5.12. The third-order valence-electron chi connectivity index (χ3n) is 3.73. The topological polar surface area (TPSA) is 149 Å². The molecular formula is C16H18O8. The van der Waals surface area contributed by atoms with E-state index in [2.05, 4.69) is 0 Å². The van der Waals surface area contributed by atoms with Crippen molar-refractivity contribution >= 4 is 23.9 Å². The summed E-state index contributed by atoms with van der Waals surface area (Å²) in [6.45, 7) is 3.13. The number of rotatable bonds is 8. The van der Waals surface area contributed by atoms with Crippen molar-refractivity contribution in [2.45, 2.75) is 39.5 Å². The third-order valence-corrected chi connectivity index (χ3v) is 3.73. The van der Waals surface area contributed by atoms with Crippen molar-refractivity contribution in [3.05, 3.63) is 33.4 Å². The van der Waals surface area contributed by atoms with E-state index in [4.69, 9.17) is 10.2 Å². The number of benzene rings is 1. The van der Waals surface area contributed by atoms with Crippen LogP contribution in [0.4, 0.5) is 0 Å². The Labute approximate surface area is 137 Å². The summed E-state index contributed by atoms with van der Waals surface area (Å²) in [5, 5.41) is 37.2. The predicted molar refractivity (Wildman–Crippen MR) is 81.8 cm³/mol. The van der Waals surface area contributed by atoms with Gasteiger partial charge in [-0.2, -0.15) is 0 Å². The van der Waals surface area contributed by atoms with E-state index in [9.17, 15) is 29.4 Å². The first-order valence-electron chi connectivity index (χ1n) is 7.25. The first-order chi connectivity index (χ1) is 11.1. The van der Waals surface area contributed by atoms with Crippen LogP contribution in [-0.2, 0) is 35.3 Å². The average molecular weight is 338 g/mol. The zero-order valence-electron chi connectivity index (χ0n) is 13.3. The number of carboxylic acids is 4. The summed E-state index contributed by atoms with van der Waals surface area (Å²) >= 11 is 0. The zero-order valence-corrected chi connectivity index (χ0v) is 13.3. The van der Waals surface area contributed by atoms with Gasteiger partial charge >= 0.3 is 23.9 Å². The van der Waals surface area contributed by atoms with Gasteiger partial charge in [-0.3, -0.25) is 9.59 Å². The quantitative estimate of drug-likeness (QED) is 0.556. The van der Waals surface area contributed by atoms with Crippen LogP contribution in [0.3, 0.4) is 0 Å². The predicted octanol–water partition coefficient (Wildman–Crippen LogP) is 1.46. The lowest BCUT2D eigenvalue weighted by atomic mass is 9.82. The minimum Gasteiger partial charge on any atom is -0.481 e. The molecule has 0 spiro atoms. The highest BCUT2D eigenvalue weighted by atomic mass is 16.4. The summed E-state index contributed by atoms with van der Waals surface area (Å²) in [6.07, 6.45) is -1.15. The molecule has 130 valence electrons. The largest absolute Gasteiger partial charge is 0.481 e. The Bertz CT molecular complexity index is 656. The fourth-order valence-electron chi connectivity index (χ4n) is 2.96. The first-order valence-corrected chi connectivity index (χ1v) is 7.25. The van der Waals surface area contributed by atoms with Crippen molar-refractivity contribution in [2.24, 2.45) is 0 Å². The molecule has 24 heavy (non-hydrogen) atoms. The highest BCUT2D eigenvalue weighted by Crippen LogP contribution is 2.31. The van der Waals surface area contributed by atoms with Crippen molar-refractivity contribution < 1.29 is 39.6 Å². The van der Waals surface area contributed by atoms with Crippen molar-refractivity contribution in [1.82, 2.24) is 0 Å². The Hall–Kier alpha value is -2.90. The van der Waals surface area contributed by atoms with E-state index in [1.165, 1.54) is 0 Å². The van der Waals surface area contributed by atoms with Gasteiger partial charge in [-0.25, -0.2) is 9.59 Å². The second-order valence-electron chi connectivity index (χ2n) is 5.12. The minimum atomic E-state index is -1.40. The molecular weight excluding hydrogens is 320 g/mol. The van der Waals surface area contributed by atoms with E-state index < -0.39 is 36.7 Å². The number of aliphatic carboxylic acids is 2. The molecule has 1 rings (SSSR count). The summed E-state index contributed by atoms with van der Waals surface area (Å²) in [6, 6.07) is 0. The van der Waals surface area contributed by atoms with E-state index >= 15 is 0 Å². The minimum absolute atomic E-state index is 0.0516. The van der Waals surface area contributed by atoms with E-state index in [0.29, 0.717) is 0 Å². The van der Waals surface area contributed by atoms with E-state index in [1.807, 2.05) is 0 Å². The van der Waals surface area contributed by atoms with Gasteiger partial charge in [0.2, 0.25) is 0 Å². The van der Waals surface area contributed by atoms with Crippen LogP contribution in [0.5, 0.6) is 0 Å². The van der Waals surface area contributed by atoms with Gasteiger partial charge in [0.05, 0.1) is 24.0 Å². The van der Waals surface area contributed by atoms with Crippen LogP contribution >= 0.6 is 0 Å². The summed E-state index contributed by atoms with van der Waals surface area (Å²) < 4.78 is 0. The molecule has 0 saturated carbocycles. The second kappa shape index (κ2) is 7.58. The highest BCUT2D eigenvalue weighted by Gasteiger charge is 2.30. The number of aromatic carboxylic acids is 2. The summed E-state index contributed by atoms with van der Waals surface area (Å²) in [4.78, 5) is 45.6. The van der Waals surface area contributed by atoms with Crippen LogP contribution < -0.4 is 0 Å². The molecule has 0 atom stereocenters. The Morgan fingerprint density at radius 3 is 1.08 bits per heavy atom. The lowest BCUT2D eigenvalue weighted by Gasteiger charge is -2.21. The standard InChI is InChI=1S/C16H18O8/c1-3-7-9(5-11(17)18)14(16(23)24)8(4-2)10(6-12(19)20)13(7)15(21)22/h3-6H2,1-2H3,(H,17,18)(H,19,20)(H,21,22)(H,23,24). The first kappa shape index (κ1) is 19.1. The van der Waals surface area contributed by atoms with Gasteiger partial charge in [0, 0.05) is 0 Å². The molecule has 0 amide bonds. The fourth-order valence-corrected chi connectivity index (χ4v) is 2.96. The monoisotopic (exact) mass is 338 g/mol. The van der Waals surface area contributed by atoms with Crippen LogP contribution in [0.25, 0.3) is 0 Å². The molecule has 0 saturated heterocycles. The molecule has 0 aliphatic rings. The van der Waals surface area contributed by atoms with E-state index in [0.717, 1.165) is 0 Å². The van der Waals surface area contributed by atoms with Crippen LogP contribution in [0, 0.1) is 0 Å². The molecule has 0 radical (unpaired) electrons. The lowest BCUT2D eigenvalue weighted by Crippen LogP contribution is -2.22. The number of carboxylic acid groups (broad SMARTS) is 4. The molecule has 0 aliphatic carbocycles. The molecule has 1 aromatic rings. The summed E-state index contributed by atoms with van der Waals surface area (Å²) in [7, 11) is 0. The van der Waals surface area contributed by atoms with Gasteiger partial charge in [-0.05, 0) is 35.1 Å². The third kappa shape index (κ3) is 3.70. The maximum Gasteiger partial charge on any atom is 0.336 e. The molecule has 0 aromatic heterocycles. The maximum absolute atomic E-state index is 11.7. The van der Waals surface area contributed by atoms with Crippen LogP contribution in [0.15, 0.2) is 0 Å². The van der Waals surface area contributed by atoms with E-state index in [-0.39, 0.29) is 46.2 Å². The number of hydrogen-bond donors (Lipinski definition) is 4.